The quantitative estimate of drug-likeness (QED) is 0.474. The van der Waals surface area contributed by atoms with Crippen LogP contribution in [-0.4, -0.2) is 79.6 Å². The number of hydrogen-bond acceptors (Lipinski definition) is 8. The fourth-order valence-electron chi connectivity index (χ4n) is 4.03. The van der Waals surface area contributed by atoms with E-state index in [1.807, 2.05) is 0 Å². The molecule has 0 unspecified atom stereocenters. The molecule has 0 N–H and O–H groups in total. The second kappa shape index (κ2) is 10.4. The van der Waals surface area contributed by atoms with Gasteiger partial charge in [-0.15, -0.1) is 0 Å². The van der Waals surface area contributed by atoms with E-state index in [9.17, 15) is 16.8 Å². The van der Waals surface area contributed by atoms with Crippen LogP contribution >= 0.6 is 0 Å². The van der Waals surface area contributed by atoms with E-state index in [4.69, 9.17) is 18.9 Å². The van der Waals surface area contributed by atoms with Crippen LogP contribution < -0.4 is 18.9 Å². The smallest absolute Gasteiger partial charge is 0.243 e. The normalized spacial score (nSPS) is 17.1. The largest absolute Gasteiger partial charge is 0.493 e. The standard InChI is InChI=1S/C22H30N2O8S2/c1-6-24(34(27,28)18-8-10-20(30-3)22(14-18)32-5)16-11-12-23(15-16)33(25,26)17-7-9-19(29-2)21(13-17)31-4/h7-10,13-14,16H,6,11-12,15H2,1-5H3/t16-/m0/s1. The third-order valence-corrected chi connectivity index (χ3v) is 9.68. The zero-order valence-corrected chi connectivity index (χ0v) is 21.5. The van der Waals surface area contributed by atoms with Crippen molar-refractivity contribution in [2.45, 2.75) is 29.2 Å². The van der Waals surface area contributed by atoms with Gasteiger partial charge in [-0.2, -0.15) is 8.61 Å². The molecule has 2 aromatic rings. The van der Waals surface area contributed by atoms with Crippen molar-refractivity contribution in [2.75, 3.05) is 48.1 Å². The van der Waals surface area contributed by atoms with Gasteiger partial charge in [-0.1, -0.05) is 6.92 Å². The minimum atomic E-state index is -3.91. The van der Waals surface area contributed by atoms with E-state index < -0.39 is 26.1 Å². The highest BCUT2D eigenvalue weighted by Crippen LogP contribution is 2.34. The topological polar surface area (TPSA) is 112 Å². The van der Waals surface area contributed by atoms with Crippen molar-refractivity contribution >= 4 is 20.0 Å². The van der Waals surface area contributed by atoms with Crippen LogP contribution in [0.15, 0.2) is 46.2 Å². The number of sulfonamides is 2. The first-order valence-electron chi connectivity index (χ1n) is 10.6. The van der Waals surface area contributed by atoms with Gasteiger partial charge >= 0.3 is 0 Å². The van der Waals surface area contributed by atoms with Crippen LogP contribution in [0.4, 0.5) is 0 Å². The zero-order chi connectivity index (χ0) is 25.1. The Morgan fingerprint density at radius 2 is 1.32 bits per heavy atom. The lowest BCUT2D eigenvalue weighted by Gasteiger charge is -2.27. The molecule has 1 atom stereocenters. The minimum absolute atomic E-state index is 0.0387. The molecule has 34 heavy (non-hydrogen) atoms. The average Bonchev–Trinajstić information content (AvgIpc) is 3.33. The van der Waals surface area contributed by atoms with Gasteiger partial charge in [-0.25, -0.2) is 16.8 Å². The fraction of sp³-hybridized carbons (Fsp3) is 0.455. The van der Waals surface area contributed by atoms with Crippen LogP contribution in [0.3, 0.4) is 0 Å². The molecule has 0 amide bonds. The van der Waals surface area contributed by atoms with Gasteiger partial charge in [0.15, 0.2) is 23.0 Å². The molecule has 0 spiro atoms. The molecule has 12 heteroatoms. The number of ether oxygens (including phenoxy) is 4. The number of likely N-dealkylation sites (N-methyl/N-ethyl adjacent to an activating group) is 1. The van der Waals surface area contributed by atoms with E-state index in [2.05, 4.69) is 0 Å². The van der Waals surface area contributed by atoms with Crippen LogP contribution in [0.1, 0.15) is 13.3 Å². The zero-order valence-electron chi connectivity index (χ0n) is 19.8. The predicted molar refractivity (Wildman–Crippen MR) is 126 cm³/mol. The lowest BCUT2D eigenvalue weighted by Crippen LogP contribution is -2.42. The van der Waals surface area contributed by atoms with Crippen molar-refractivity contribution in [3.05, 3.63) is 36.4 Å². The van der Waals surface area contributed by atoms with Gasteiger partial charge in [0.1, 0.15) is 0 Å². The molecule has 0 aliphatic carbocycles. The summed E-state index contributed by atoms with van der Waals surface area (Å²) in [6, 6.07) is 8.25. The first-order valence-corrected chi connectivity index (χ1v) is 13.5. The van der Waals surface area contributed by atoms with Gasteiger partial charge < -0.3 is 18.9 Å². The Bertz CT molecular complexity index is 1230. The van der Waals surface area contributed by atoms with Gasteiger partial charge in [-0.05, 0) is 30.7 Å². The molecule has 0 aromatic heterocycles. The van der Waals surface area contributed by atoms with Crippen molar-refractivity contribution in [2.24, 2.45) is 0 Å². The summed E-state index contributed by atoms with van der Waals surface area (Å²) in [4.78, 5) is 0.102. The third kappa shape index (κ3) is 4.81. The first-order chi connectivity index (χ1) is 16.1. The highest BCUT2D eigenvalue weighted by atomic mass is 32.2. The summed E-state index contributed by atoms with van der Waals surface area (Å²) < 4.78 is 76.9. The Morgan fingerprint density at radius 1 is 0.824 bits per heavy atom. The number of methoxy groups -OCH3 is 4. The number of benzene rings is 2. The van der Waals surface area contributed by atoms with Gasteiger partial charge in [0.05, 0.1) is 38.2 Å². The molecule has 1 aliphatic rings. The van der Waals surface area contributed by atoms with Crippen LogP contribution in [-0.2, 0) is 20.0 Å². The number of nitrogens with zero attached hydrogens (tertiary/aromatic N) is 2. The molecule has 1 fully saturated rings. The molecule has 2 aromatic carbocycles. The summed E-state index contributed by atoms with van der Waals surface area (Å²) in [5.74, 6) is 1.42. The fourth-order valence-corrected chi connectivity index (χ4v) is 7.21. The maximum Gasteiger partial charge on any atom is 0.243 e. The Labute approximate surface area is 201 Å². The van der Waals surface area contributed by atoms with Crippen LogP contribution in [0.2, 0.25) is 0 Å². The van der Waals surface area contributed by atoms with Gasteiger partial charge in [0.25, 0.3) is 0 Å². The van der Waals surface area contributed by atoms with E-state index in [0.717, 1.165) is 0 Å². The summed E-state index contributed by atoms with van der Waals surface area (Å²) in [6.45, 7) is 2.14. The summed E-state index contributed by atoms with van der Waals surface area (Å²) >= 11 is 0. The van der Waals surface area contributed by atoms with Crippen LogP contribution in [0.25, 0.3) is 0 Å². The lowest BCUT2D eigenvalue weighted by molar-refractivity contribution is 0.334. The first kappa shape index (κ1) is 26.1. The highest BCUT2D eigenvalue weighted by molar-refractivity contribution is 7.89. The SMILES string of the molecule is CCN([C@H]1CCN(S(=O)(=O)c2ccc(OC)c(OC)c2)C1)S(=O)(=O)c1ccc(OC)c(OC)c1. The number of hydrogen-bond donors (Lipinski definition) is 0. The molecule has 0 saturated carbocycles. The summed E-state index contributed by atoms with van der Waals surface area (Å²) in [6.07, 6.45) is 0.368. The van der Waals surface area contributed by atoms with E-state index in [-0.39, 0.29) is 29.4 Å². The molecular weight excluding hydrogens is 484 g/mol. The average molecular weight is 515 g/mol. The molecule has 1 heterocycles. The summed E-state index contributed by atoms with van der Waals surface area (Å²) in [5, 5.41) is 0. The Hall–Kier alpha value is -2.54. The lowest BCUT2D eigenvalue weighted by atomic mass is 10.3. The van der Waals surface area contributed by atoms with E-state index in [1.54, 1.807) is 6.92 Å². The number of rotatable bonds is 10. The molecule has 1 aliphatic heterocycles. The van der Waals surface area contributed by atoms with Crippen LogP contribution in [0.5, 0.6) is 23.0 Å². The van der Waals surface area contributed by atoms with Crippen molar-refractivity contribution in [3.63, 3.8) is 0 Å². The summed E-state index contributed by atoms with van der Waals surface area (Å²) in [7, 11) is -1.97. The maximum absolute atomic E-state index is 13.4. The molecule has 10 nitrogen and oxygen atoms in total. The van der Waals surface area contributed by atoms with E-state index in [1.165, 1.54) is 73.4 Å². The predicted octanol–water partition coefficient (Wildman–Crippen LogP) is 2.19. The Balaban J connectivity index is 1.87. The molecule has 188 valence electrons. The molecule has 0 radical (unpaired) electrons. The Morgan fingerprint density at radius 3 is 1.82 bits per heavy atom. The highest BCUT2D eigenvalue weighted by Gasteiger charge is 2.39. The van der Waals surface area contributed by atoms with Crippen molar-refractivity contribution in [1.82, 2.24) is 8.61 Å². The van der Waals surface area contributed by atoms with E-state index in [0.29, 0.717) is 29.4 Å². The van der Waals surface area contributed by atoms with Crippen molar-refractivity contribution in [3.8, 4) is 23.0 Å². The maximum atomic E-state index is 13.4. The van der Waals surface area contributed by atoms with E-state index >= 15 is 0 Å². The third-order valence-electron chi connectivity index (χ3n) is 5.80. The van der Waals surface area contributed by atoms with Crippen molar-refractivity contribution < 1.29 is 35.8 Å². The molecule has 0 bridgehead atoms. The van der Waals surface area contributed by atoms with Crippen molar-refractivity contribution in [1.29, 1.82) is 0 Å². The molecular formula is C22H30N2O8S2. The van der Waals surface area contributed by atoms with Gasteiger partial charge in [-0.3, -0.25) is 0 Å². The minimum Gasteiger partial charge on any atom is -0.493 e. The second-order valence-electron chi connectivity index (χ2n) is 7.55. The van der Waals surface area contributed by atoms with Gasteiger partial charge in [0, 0.05) is 37.8 Å². The second-order valence-corrected chi connectivity index (χ2v) is 11.4. The van der Waals surface area contributed by atoms with Gasteiger partial charge in [0.2, 0.25) is 20.0 Å². The monoisotopic (exact) mass is 514 g/mol. The summed E-state index contributed by atoms with van der Waals surface area (Å²) in [5.41, 5.74) is 0. The molecule has 1 saturated heterocycles. The molecule has 3 rings (SSSR count). The Kier molecular flexibility index (Phi) is 7.96. The van der Waals surface area contributed by atoms with Crippen LogP contribution in [0, 0.1) is 0 Å².